The van der Waals surface area contributed by atoms with Gasteiger partial charge in [-0.1, -0.05) is 13.0 Å². The molecule has 0 heterocycles. The molecule has 116 valence electrons. The molecule has 0 fully saturated rings. The van der Waals surface area contributed by atoms with E-state index in [1.807, 2.05) is 6.92 Å². The predicted molar refractivity (Wildman–Crippen MR) is 74.5 cm³/mol. The second-order valence-electron chi connectivity index (χ2n) is 4.62. The van der Waals surface area contributed by atoms with Gasteiger partial charge in [-0.15, -0.1) is 0 Å². The van der Waals surface area contributed by atoms with E-state index in [-0.39, 0.29) is 22.4 Å². The van der Waals surface area contributed by atoms with Crippen LogP contribution in [0, 0.1) is 17.5 Å². The standard InChI is InChI=1S/C16H13F3O3/c1-2-5-22-14-4-3-9(6-11(14)16(20)21)10-7-12(17)15(19)13(18)8-10/h3-4,6-8H,2,5H2,1H3,(H,20,21). The molecule has 3 nitrogen and oxygen atoms in total. The molecule has 0 aliphatic carbocycles. The average Bonchev–Trinajstić information content (AvgIpc) is 2.49. The van der Waals surface area contributed by atoms with Crippen LogP contribution in [0.15, 0.2) is 30.3 Å². The van der Waals surface area contributed by atoms with Crippen molar-refractivity contribution in [1.82, 2.24) is 0 Å². The summed E-state index contributed by atoms with van der Waals surface area (Å²) in [6.07, 6.45) is 0.704. The Morgan fingerprint density at radius 3 is 2.27 bits per heavy atom. The molecule has 2 rings (SSSR count). The van der Waals surface area contributed by atoms with E-state index in [2.05, 4.69) is 0 Å². The van der Waals surface area contributed by atoms with Gasteiger partial charge in [0.25, 0.3) is 0 Å². The van der Waals surface area contributed by atoms with Crippen molar-refractivity contribution in [3.05, 3.63) is 53.3 Å². The van der Waals surface area contributed by atoms with Crippen LogP contribution in [-0.2, 0) is 0 Å². The molecule has 0 aliphatic heterocycles. The minimum Gasteiger partial charge on any atom is -0.493 e. The normalized spacial score (nSPS) is 10.5. The summed E-state index contributed by atoms with van der Waals surface area (Å²) in [4.78, 5) is 11.3. The molecule has 0 spiro atoms. The molecular weight excluding hydrogens is 297 g/mol. The van der Waals surface area contributed by atoms with Crippen molar-refractivity contribution in [3.63, 3.8) is 0 Å². The van der Waals surface area contributed by atoms with Crippen LogP contribution < -0.4 is 4.74 Å². The third-order valence-electron chi connectivity index (χ3n) is 2.99. The van der Waals surface area contributed by atoms with Crippen molar-refractivity contribution in [2.45, 2.75) is 13.3 Å². The van der Waals surface area contributed by atoms with Gasteiger partial charge < -0.3 is 9.84 Å². The van der Waals surface area contributed by atoms with Crippen LogP contribution >= 0.6 is 0 Å². The molecule has 1 N–H and O–H groups in total. The quantitative estimate of drug-likeness (QED) is 0.839. The van der Waals surface area contributed by atoms with Crippen LogP contribution in [0.4, 0.5) is 13.2 Å². The molecule has 0 amide bonds. The Hall–Kier alpha value is -2.50. The molecule has 0 saturated carbocycles. The van der Waals surface area contributed by atoms with Crippen LogP contribution in [-0.4, -0.2) is 17.7 Å². The van der Waals surface area contributed by atoms with Crippen LogP contribution in [0.25, 0.3) is 11.1 Å². The molecule has 0 unspecified atom stereocenters. The van der Waals surface area contributed by atoms with Crippen LogP contribution in [0.5, 0.6) is 5.75 Å². The number of aromatic carboxylic acids is 1. The molecule has 22 heavy (non-hydrogen) atoms. The first kappa shape index (κ1) is 15.9. The van der Waals surface area contributed by atoms with E-state index >= 15 is 0 Å². The van der Waals surface area contributed by atoms with Crippen molar-refractivity contribution < 1.29 is 27.8 Å². The van der Waals surface area contributed by atoms with E-state index in [1.165, 1.54) is 18.2 Å². The highest BCUT2D eigenvalue weighted by Gasteiger charge is 2.16. The summed E-state index contributed by atoms with van der Waals surface area (Å²) in [5, 5.41) is 9.20. The highest BCUT2D eigenvalue weighted by atomic mass is 19.2. The van der Waals surface area contributed by atoms with Gasteiger partial charge in [0.05, 0.1) is 6.61 Å². The monoisotopic (exact) mass is 310 g/mol. The zero-order valence-corrected chi connectivity index (χ0v) is 11.7. The van der Waals surface area contributed by atoms with Crippen molar-refractivity contribution in [1.29, 1.82) is 0 Å². The molecule has 0 aliphatic rings. The van der Waals surface area contributed by atoms with Crippen LogP contribution in [0.1, 0.15) is 23.7 Å². The van der Waals surface area contributed by atoms with Crippen molar-refractivity contribution in [3.8, 4) is 16.9 Å². The summed E-state index contributed by atoms with van der Waals surface area (Å²) >= 11 is 0. The topological polar surface area (TPSA) is 46.5 Å². The van der Waals surface area contributed by atoms with Crippen molar-refractivity contribution in [2.24, 2.45) is 0 Å². The number of carbonyl (C=O) groups is 1. The number of carboxylic acid groups (broad SMARTS) is 1. The maximum absolute atomic E-state index is 13.3. The fourth-order valence-corrected chi connectivity index (χ4v) is 1.94. The third-order valence-corrected chi connectivity index (χ3v) is 2.99. The molecule has 2 aromatic carbocycles. The lowest BCUT2D eigenvalue weighted by molar-refractivity contribution is 0.0692. The molecule has 0 atom stereocenters. The molecule has 0 aromatic heterocycles. The van der Waals surface area contributed by atoms with E-state index in [9.17, 15) is 23.1 Å². The summed E-state index contributed by atoms with van der Waals surface area (Å²) in [5.74, 6) is -5.29. The number of benzene rings is 2. The van der Waals surface area contributed by atoms with Gasteiger partial charge in [0.15, 0.2) is 17.5 Å². The van der Waals surface area contributed by atoms with Gasteiger partial charge in [0, 0.05) is 0 Å². The average molecular weight is 310 g/mol. The first-order valence-electron chi connectivity index (χ1n) is 6.59. The Balaban J connectivity index is 2.49. The number of carboxylic acids is 1. The summed E-state index contributed by atoms with van der Waals surface area (Å²) in [5.41, 5.74) is 0.163. The van der Waals surface area contributed by atoms with E-state index in [0.29, 0.717) is 13.0 Å². The second-order valence-corrected chi connectivity index (χ2v) is 4.62. The zero-order valence-electron chi connectivity index (χ0n) is 11.7. The van der Waals surface area contributed by atoms with E-state index in [0.717, 1.165) is 12.1 Å². The fourth-order valence-electron chi connectivity index (χ4n) is 1.94. The summed E-state index contributed by atoms with van der Waals surface area (Å²) in [6, 6.07) is 5.73. The number of hydrogen-bond acceptors (Lipinski definition) is 2. The molecule has 6 heteroatoms. The second kappa shape index (κ2) is 6.51. The fraction of sp³-hybridized carbons (Fsp3) is 0.188. The Morgan fingerprint density at radius 1 is 1.09 bits per heavy atom. The lowest BCUT2D eigenvalue weighted by Gasteiger charge is -2.10. The van der Waals surface area contributed by atoms with Crippen molar-refractivity contribution in [2.75, 3.05) is 6.61 Å². The highest BCUT2D eigenvalue weighted by molar-refractivity contribution is 5.92. The summed E-state index contributed by atoms with van der Waals surface area (Å²) in [7, 11) is 0. The zero-order chi connectivity index (χ0) is 16.3. The summed E-state index contributed by atoms with van der Waals surface area (Å²) < 4.78 is 44.8. The minimum atomic E-state index is -1.56. The minimum absolute atomic E-state index is 0.0425. The smallest absolute Gasteiger partial charge is 0.339 e. The first-order valence-corrected chi connectivity index (χ1v) is 6.59. The molecule has 0 bridgehead atoms. The number of ether oxygens (including phenoxy) is 1. The first-order chi connectivity index (χ1) is 10.4. The van der Waals surface area contributed by atoms with E-state index < -0.39 is 23.4 Å². The van der Waals surface area contributed by atoms with Gasteiger partial charge in [0.2, 0.25) is 0 Å². The maximum atomic E-state index is 13.3. The molecular formula is C16H13F3O3. The summed E-state index contributed by atoms with van der Waals surface area (Å²) in [6.45, 7) is 2.22. The Morgan fingerprint density at radius 2 is 1.73 bits per heavy atom. The van der Waals surface area contributed by atoms with E-state index in [1.54, 1.807) is 0 Å². The lowest BCUT2D eigenvalue weighted by atomic mass is 10.0. The maximum Gasteiger partial charge on any atom is 0.339 e. The Bertz CT molecular complexity index is 691. The largest absolute Gasteiger partial charge is 0.493 e. The number of halogens is 3. The third kappa shape index (κ3) is 3.21. The Kier molecular flexibility index (Phi) is 4.70. The number of rotatable bonds is 5. The predicted octanol–water partition coefficient (Wildman–Crippen LogP) is 4.26. The van der Waals surface area contributed by atoms with Gasteiger partial charge in [-0.25, -0.2) is 18.0 Å². The van der Waals surface area contributed by atoms with Gasteiger partial charge in [-0.2, -0.15) is 0 Å². The molecule has 0 saturated heterocycles. The van der Waals surface area contributed by atoms with Crippen LogP contribution in [0.2, 0.25) is 0 Å². The lowest BCUT2D eigenvalue weighted by Crippen LogP contribution is -2.04. The SMILES string of the molecule is CCCOc1ccc(-c2cc(F)c(F)c(F)c2)cc1C(=O)O. The number of hydrogen-bond donors (Lipinski definition) is 1. The van der Waals surface area contributed by atoms with Crippen LogP contribution in [0.3, 0.4) is 0 Å². The molecule has 2 aromatic rings. The molecule has 0 radical (unpaired) electrons. The van der Waals surface area contributed by atoms with Crippen molar-refractivity contribution >= 4 is 5.97 Å². The van der Waals surface area contributed by atoms with Gasteiger partial charge >= 0.3 is 5.97 Å². The highest BCUT2D eigenvalue weighted by Crippen LogP contribution is 2.29. The van der Waals surface area contributed by atoms with E-state index in [4.69, 9.17) is 4.74 Å². The van der Waals surface area contributed by atoms with Gasteiger partial charge in [0.1, 0.15) is 11.3 Å². The van der Waals surface area contributed by atoms with Gasteiger partial charge in [-0.05, 0) is 41.8 Å². The van der Waals surface area contributed by atoms with Gasteiger partial charge in [-0.3, -0.25) is 0 Å². The Labute approximate surface area is 125 Å².